The number of carbonyl (C=O) groups is 1. The zero-order valence-electron chi connectivity index (χ0n) is 7.31. The van der Waals surface area contributed by atoms with Crippen molar-refractivity contribution in [1.29, 1.82) is 0 Å². The van der Waals surface area contributed by atoms with Crippen LogP contribution >= 0.6 is 17.0 Å². The maximum absolute atomic E-state index is 9.98. The van der Waals surface area contributed by atoms with Gasteiger partial charge in [-0.2, -0.15) is 0 Å². The second kappa shape index (κ2) is 8.55. The summed E-state index contributed by atoms with van der Waals surface area (Å²) in [6.07, 6.45) is 0.949. The van der Waals surface area contributed by atoms with Crippen molar-refractivity contribution in [2.75, 3.05) is 0 Å². The Morgan fingerprint density at radius 3 is 2.62 bits per heavy atom. The van der Waals surface area contributed by atoms with Crippen molar-refractivity contribution in [3.8, 4) is 0 Å². The molecule has 0 aliphatic carbocycles. The van der Waals surface area contributed by atoms with Crippen LogP contribution in [0.3, 0.4) is 0 Å². The van der Waals surface area contributed by atoms with Gasteiger partial charge in [0.1, 0.15) is 0 Å². The van der Waals surface area contributed by atoms with Crippen LogP contribution in [0, 0.1) is 0 Å². The van der Waals surface area contributed by atoms with Gasteiger partial charge in [0.2, 0.25) is 0 Å². The molecule has 0 aliphatic heterocycles. The van der Waals surface area contributed by atoms with E-state index in [1.807, 2.05) is 30.3 Å². The van der Waals surface area contributed by atoms with E-state index in [4.69, 9.17) is 3.56 Å². The molecule has 0 saturated heterocycles. The molecular formula is C9H11BrO2Zn. The van der Waals surface area contributed by atoms with Crippen LogP contribution in [0.5, 0.6) is 0 Å². The fourth-order valence-electron chi connectivity index (χ4n) is 0.896. The average Bonchev–Trinajstić information content (AvgIpc) is 2.14. The number of hydrogen-bond donors (Lipinski definition) is 0. The number of benzene rings is 1. The molecule has 0 radical (unpaired) electrons. The van der Waals surface area contributed by atoms with Crippen LogP contribution < -0.4 is 0 Å². The number of hydrogen-bond acceptors (Lipinski definition) is 2. The van der Waals surface area contributed by atoms with E-state index >= 15 is 0 Å². The van der Waals surface area contributed by atoms with Gasteiger partial charge in [0.15, 0.2) is 0 Å². The molecule has 0 saturated carbocycles. The minimum absolute atomic E-state index is 0. The molecule has 0 heterocycles. The van der Waals surface area contributed by atoms with Gasteiger partial charge in [-0.15, -0.1) is 17.0 Å². The molecule has 0 aromatic heterocycles. The molecule has 1 aromatic carbocycles. The molecule has 1 aromatic rings. The Morgan fingerprint density at radius 2 is 2.00 bits per heavy atom. The molecule has 2 nitrogen and oxygen atoms in total. The molecule has 0 atom stereocenters. The van der Waals surface area contributed by atoms with Gasteiger partial charge in [-0.25, -0.2) is 0 Å². The van der Waals surface area contributed by atoms with Gasteiger partial charge in [-0.1, -0.05) is 0 Å². The molecule has 0 amide bonds. The molecule has 1 rings (SSSR count). The van der Waals surface area contributed by atoms with E-state index in [0.29, 0.717) is 11.6 Å². The van der Waals surface area contributed by atoms with Crippen LogP contribution in [0.1, 0.15) is 5.56 Å². The first-order valence-corrected chi connectivity index (χ1v) is 7.29. The average molecular weight is 296 g/mol. The Hall–Kier alpha value is -0.0466. The Morgan fingerprint density at radius 1 is 1.31 bits per heavy atom. The second-order valence-corrected chi connectivity index (χ2v) is 5.42. The van der Waals surface area contributed by atoms with Gasteiger partial charge in [-0.05, 0) is 0 Å². The van der Waals surface area contributed by atoms with Gasteiger partial charge in [0.05, 0.1) is 0 Å². The van der Waals surface area contributed by atoms with E-state index in [1.54, 1.807) is 0 Å². The van der Waals surface area contributed by atoms with Gasteiger partial charge in [-0.3, -0.25) is 0 Å². The van der Waals surface area contributed by atoms with E-state index in [-0.39, 0.29) is 17.0 Å². The van der Waals surface area contributed by atoms with E-state index in [1.165, 1.54) is 5.56 Å². The number of halogens is 1. The maximum atomic E-state index is 9.98. The van der Waals surface area contributed by atoms with E-state index in [9.17, 15) is 4.79 Å². The molecule has 0 aliphatic rings. The van der Waals surface area contributed by atoms with E-state index < -0.39 is 17.5 Å². The summed E-state index contributed by atoms with van der Waals surface area (Å²) in [7, 11) is 0. The molecule has 0 spiro atoms. The molecule has 0 bridgehead atoms. The van der Waals surface area contributed by atoms with Crippen molar-refractivity contribution in [1.82, 2.24) is 0 Å². The quantitative estimate of drug-likeness (QED) is 0.474. The van der Waals surface area contributed by atoms with E-state index in [2.05, 4.69) is 0 Å². The number of rotatable bonds is 5. The zero-order valence-corrected chi connectivity index (χ0v) is 12.0. The molecule has 0 N–H and O–H groups in total. The van der Waals surface area contributed by atoms with Crippen LogP contribution in [-0.2, 0) is 32.5 Å². The van der Waals surface area contributed by atoms with Crippen molar-refractivity contribution in [3.05, 3.63) is 35.9 Å². The summed E-state index contributed by atoms with van der Waals surface area (Å²) < 4.78 is 5.42. The minimum atomic E-state index is -0.990. The zero-order chi connectivity index (χ0) is 8.65. The first-order valence-electron chi connectivity index (χ1n) is 3.99. The fourth-order valence-corrected chi connectivity index (χ4v) is 2.24. The monoisotopic (exact) mass is 294 g/mol. The van der Waals surface area contributed by atoms with Crippen LogP contribution in [0.4, 0.5) is 0 Å². The standard InChI is InChI=1S/C7H7O.C2H3O.BrH.Zn/c8-6-7-4-2-1-3-5-7;1-2-3;;/h1-5H,6H2;2H,1H2;1H;/q-1;;;+1. The van der Waals surface area contributed by atoms with Crippen LogP contribution in [0.2, 0.25) is 5.02 Å². The van der Waals surface area contributed by atoms with Gasteiger partial charge in [0.25, 0.3) is 0 Å². The van der Waals surface area contributed by atoms with Gasteiger partial charge >= 0.3 is 79.6 Å². The summed E-state index contributed by atoms with van der Waals surface area (Å²) in [6.45, 7) is 0.675. The van der Waals surface area contributed by atoms with Crippen molar-refractivity contribution < 1.29 is 25.8 Å². The first-order chi connectivity index (χ1) is 5.93. The van der Waals surface area contributed by atoms with E-state index in [0.717, 1.165) is 6.29 Å². The number of carbonyl (C=O) groups excluding carboxylic acids is 1. The normalized spacial score (nSPS) is 8.31. The van der Waals surface area contributed by atoms with Crippen molar-refractivity contribution in [2.24, 2.45) is 0 Å². The van der Waals surface area contributed by atoms with Crippen molar-refractivity contribution in [3.63, 3.8) is 0 Å². The molecular weight excluding hydrogens is 285 g/mol. The number of aldehydes is 1. The molecule has 13 heavy (non-hydrogen) atoms. The summed E-state index contributed by atoms with van der Waals surface area (Å²) in [5.41, 5.74) is 1.19. The summed E-state index contributed by atoms with van der Waals surface area (Å²) in [6, 6.07) is 10.0. The Balaban J connectivity index is 0.00000144. The first kappa shape index (κ1) is 13.0. The Kier molecular flexibility index (Phi) is 8.52. The van der Waals surface area contributed by atoms with Gasteiger partial charge < -0.3 is 0 Å². The molecule has 0 unspecified atom stereocenters. The molecule has 68 valence electrons. The fraction of sp³-hybridized carbons (Fsp3) is 0.222. The third-order valence-corrected chi connectivity index (χ3v) is 3.51. The Labute approximate surface area is 96.4 Å². The summed E-state index contributed by atoms with van der Waals surface area (Å²) in [5, 5.41) is 0.667. The van der Waals surface area contributed by atoms with Crippen molar-refractivity contribution in [2.45, 2.75) is 11.6 Å². The van der Waals surface area contributed by atoms with Crippen LogP contribution in [-0.4, -0.2) is 6.29 Å². The molecule has 0 fully saturated rings. The summed E-state index contributed by atoms with van der Waals surface area (Å²) in [4.78, 5) is 9.98. The van der Waals surface area contributed by atoms with Gasteiger partial charge in [0, 0.05) is 0 Å². The SMILES string of the molecule is Br.O=C[CH2][Zn][O]Cc1ccccc1. The third-order valence-electron chi connectivity index (χ3n) is 1.49. The predicted molar refractivity (Wildman–Crippen MR) is 52.4 cm³/mol. The van der Waals surface area contributed by atoms with Crippen LogP contribution in [0.25, 0.3) is 0 Å². The summed E-state index contributed by atoms with van der Waals surface area (Å²) >= 11 is -0.990. The molecule has 4 heteroatoms. The Bertz CT molecular complexity index is 228. The summed E-state index contributed by atoms with van der Waals surface area (Å²) in [5.74, 6) is 0. The predicted octanol–water partition coefficient (Wildman–Crippen LogP) is 2.40. The third kappa shape index (κ3) is 6.08. The topological polar surface area (TPSA) is 26.3 Å². The second-order valence-electron chi connectivity index (χ2n) is 2.49. The van der Waals surface area contributed by atoms with Crippen molar-refractivity contribution >= 4 is 23.3 Å². The van der Waals surface area contributed by atoms with Crippen LogP contribution in [0.15, 0.2) is 30.3 Å².